The molecular formula is C22H20N2O4. The van der Waals surface area contributed by atoms with Crippen LogP contribution in [-0.2, 0) is 9.59 Å². The summed E-state index contributed by atoms with van der Waals surface area (Å²) in [5.74, 6) is 0.325. The molecule has 0 bridgehead atoms. The number of ether oxygens (including phenoxy) is 2. The molecule has 0 heterocycles. The zero-order chi connectivity index (χ0) is 19.8. The van der Waals surface area contributed by atoms with Crippen molar-refractivity contribution in [2.45, 2.75) is 0 Å². The third kappa shape index (κ3) is 4.88. The molecule has 0 aliphatic heterocycles. The van der Waals surface area contributed by atoms with Gasteiger partial charge in [0.25, 0.3) is 11.8 Å². The van der Waals surface area contributed by atoms with Gasteiger partial charge in [-0.3, -0.25) is 20.4 Å². The van der Waals surface area contributed by atoms with Gasteiger partial charge in [-0.15, -0.1) is 0 Å². The van der Waals surface area contributed by atoms with Gasteiger partial charge in [-0.05, 0) is 23.6 Å². The van der Waals surface area contributed by atoms with Gasteiger partial charge < -0.3 is 9.47 Å². The molecule has 3 aromatic carbocycles. The van der Waals surface area contributed by atoms with Crippen molar-refractivity contribution in [1.29, 1.82) is 0 Å². The molecule has 0 spiro atoms. The van der Waals surface area contributed by atoms with Crippen molar-refractivity contribution in [3.05, 3.63) is 78.4 Å². The molecule has 28 heavy (non-hydrogen) atoms. The van der Waals surface area contributed by atoms with E-state index in [0.29, 0.717) is 11.5 Å². The van der Waals surface area contributed by atoms with Crippen molar-refractivity contribution in [1.82, 2.24) is 10.9 Å². The number of benzene rings is 3. The summed E-state index contributed by atoms with van der Waals surface area (Å²) < 4.78 is 10.8. The van der Waals surface area contributed by atoms with E-state index < -0.39 is 11.8 Å². The highest BCUT2D eigenvalue weighted by atomic mass is 16.5. The lowest BCUT2D eigenvalue weighted by Gasteiger charge is -2.10. The van der Waals surface area contributed by atoms with Gasteiger partial charge in [-0.25, -0.2) is 0 Å². The van der Waals surface area contributed by atoms with Gasteiger partial charge in [0, 0.05) is 17.0 Å². The van der Waals surface area contributed by atoms with Crippen LogP contribution in [0.3, 0.4) is 0 Å². The quantitative estimate of drug-likeness (QED) is 0.512. The van der Waals surface area contributed by atoms with Crippen LogP contribution in [0.1, 0.15) is 5.56 Å². The molecule has 2 N–H and O–H groups in total. The minimum Gasteiger partial charge on any atom is -0.496 e. The van der Waals surface area contributed by atoms with Crippen LogP contribution in [0.5, 0.6) is 11.5 Å². The SMILES string of the molecule is COc1ccccc1/C=C/C(=O)NNC(=O)COc1cccc2ccccc12. The lowest BCUT2D eigenvalue weighted by atomic mass is 10.1. The smallest absolute Gasteiger partial charge is 0.276 e. The summed E-state index contributed by atoms with van der Waals surface area (Å²) in [5, 5.41) is 1.94. The summed E-state index contributed by atoms with van der Waals surface area (Å²) >= 11 is 0. The first-order chi connectivity index (χ1) is 13.7. The second-order valence-corrected chi connectivity index (χ2v) is 5.88. The van der Waals surface area contributed by atoms with Crippen LogP contribution in [0.2, 0.25) is 0 Å². The highest BCUT2D eigenvalue weighted by Crippen LogP contribution is 2.24. The van der Waals surface area contributed by atoms with Gasteiger partial charge in [0.2, 0.25) is 0 Å². The average molecular weight is 376 g/mol. The van der Waals surface area contributed by atoms with Crippen molar-refractivity contribution in [2.75, 3.05) is 13.7 Å². The van der Waals surface area contributed by atoms with E-state index in [1.807, 2.05) is 54.6 Å². The number of rotatable bonds is 6. The fraction of sp³-hybridized carbons (Fsp3) is 0.0909. The number of carbonyl (C=O) groups excluding carboxylic acids is 2. The molecule has 0 atom stereocenters. The normalized spacial score (nSPS) is 10.6. The summed E-state index contributed by atoms with van der Waals surface area (Å²) in [6, 6.07) is 20.7. The van der Waals surface area contributed by atoms with Crippen LogP contribution in [0.15, 0.2) is 72.8 Å². The molecule has 0 aliphatic rings. The van der Waals surface area contributed by atoms with Gasteiger partial charge in [0.15, 0.2) is 6.61 Å². The van der Waals surface area contributed by atoms with E-state index in [4.69, 9.17) is 9.47 Å². The van der Waals surface area contributed by atoms with Crippen molar-refractivity contribution in [3.8, 4) is 11.5 Å². The summed E-state index contributed by atoms with van der Waals surface area (Å²) in [5.41, 5.74) is 5.39. The van der Waals surface area contributed by atoms with Crippen LogP contribution in [0.25, 0.3) is 16.8 Å². The number of carbonyl (C=O) groups is 2. The maximum absolute atomic E-state index is 11.9. The molecule has 0 saturated heterocycles. The number of fused-ring (bicyclic) bond motifs is 1. The Morgan fingerprint density at radius 1 is 0.893 bits per heavy atom. The summed E-state index contributed by atoms with van der Waals surface area (Å²) in [7, 11) is 1.56. The standard InChI is InChI=1S/C22H20N2O4/c1-27-19-11-5-3-8-17(19)13-14-21(25)23-24-22(26)15-28-20-12-6-9-16-7-2-4-10-18(16)20/h2-14H,15H2,1H3,(H,23,25)(H,24,26)/b14-13+. The van der Waals surface area contributed by atoms with E-state index in [0.717, 1.165) is 16.3 Å². The Bertz CT molecular complexity index is 1010. The molecule has 2 amide bonds. The Balaban J connectivity index is 1.50. The molecule has 6 nitrogen and oxygen atoms in total. The number of hydrazine groups is 1. The zero-order valence-electron chi connectivity index (χ0n) is 15.3. The lowest BCUT2D eigenvalue weighted by molar-refractivity contribution is -0.128. The first-order valence-electron chi connectivity index (χ1n) is 8.68. The maximum Gasteiger partial charge on any atom is 0.276 e. The molecule has 0 aliphatic carbocycles. The number of para-hydroxylation sites is 1. The molecule has 0 aromatic heterocycles. The van der Waals surface area contributed by atoms with Gasteiger partial charge in [-0.2, -0.15) is 0 Å². The van der Waals surface area contributed by atoms with Crippen molar-refractivity contribution in [2.24, 2.45) is 0 Å². The van der Waals surface area contributed by atoms with Gasteiger partial charge in [0.05, 0.1) is 7.11 Å². The van der Waals surface area contributed by atoms with E-state index in [1.165, 1.54) is 6.08 Å². The molecule has 3 rings (SSSR count). The molecular weight excluding hydrogens is 356 g/mol. The predicted octanol–water partition coefficient (Wildman–Crippen LogP) is 3.09. The van der Waals surface area contributed by atoms with E-state index in [-0.39, 0.29) is 6.61 Å². The Labute approximate surface area is 162 Å². The monoisotopic (exact) mass is 376 g/mol. The highest BCUT2D eigenvalue weighted by Gasteiger charge is 2.06. The van der Waals surface area contributed by atoms with Gasteiger partial charge >= 0.3 is 0 Å². The van der Waals surface area contributed by atoms with Crippen LogP contribution in [0.4, 0.5) is 0 Å². The Morgan fingerprint density at radius 2 is 1.61 bits per heavy atom. The van der Waals surface area contributed by atoms with E-state index in [2.05, 4.69) is 10.9 Å². The molecule has 0 saturated carbocycles. The molecule has 0 unspecified atom stereocenters. The van der Waals surface area contributed by atoms with Gasteiger partial charge in [-0.1, -0.05) is 54.6 Å². The number of nitrogens with one attached hydrogen (secondary N) is 2. The van der Waals surface area contributed by atoms with Crippen molar-refractivity contribution in [3.63, 3.8) is 0 Å². The fourth-order valence-electron chi connectivity index (χ4n) is 2.64. The van der Waals surface area contributed by atoms with E-state index >= 15 is 0 Å². The number of hydrogen-bond acceptors (Lipinski definition) is 4. The summed E-state index contributed by atoms with van der Waals surface area (Å²) in [6.07, 6.45) is 2.91. The average Bonchev–Trinajstić information content (AvgIpc) is 2.74. The molecule has 0 radical (unpaired) electrons. The molecule has 3 aromatic rings. The Morgan fingerprint density at radius 3 is 2.46 bits per heavy atom. The Kier molecular flexibility index (Phi) is 6.25. The third-order valence-electron chi connectivity index (χ3n) is 3.99. The Hall–Kier alpha value is -3.80. The first-order valence-corrected chi connectivity index (χ1v) is 8.68. The first kappa shape index (κ1) is 19.0. The maximum atomic E-state index is 11.9. The van der Waals surface area contributed by atoms with Crippen molar-refractivity contribution < 1.29 is 19.1 Å². The lowest BCUT2D eigenvalue weighted by Crippen LogP contribution is -2.43. The second-order valence-electron chi connectivity index (χ2n) is 5.88. The number of hydrogen-bond donors (Lipinski definition) is 2. The third-order valence-corrected chi connectivity index (χ3v) is 3.99. The summed E-state index contributed by atoms with van der Waals surface area (Å²) in [6.45, 7) is -0.218. The minimum absolute atomic E-state index is 0.218. The van der Waals surface area contributed by atoms with Crippen LogP contribution >= 0.6 is 0 Å². The van der Waals surface area contributed by atoms with E-state index in [9.17, 15) is 9.59 Å². The minimum atomic E-state index is -0.468. The van der Waals surface area contributed by atoms with Crippen molar-refractivity contribution >= 4 is 28.7 Å². The summed E-state index contributed by atoms with van der Waals surface area (Å²) in [4.78, 5) is 23.8. The zero-order valence-corrected chi connectivity index (χ0v) is 15.3. The molecule has 0 fully saturated rings. The number of methoxy groups -OCH3 is 1. The molecule has 142 valence electrons. The van der Waals surface area contributed by atoms with Crippen LogP contribution in [-0.4, -0.2) is 25.5 Å². The van der Waals surface area contributed by atoms with E-state index in [1.54, 1.807) is 25.3 Å². The largest absolute Gasteiger partial charge is 0.496 e. The second kappa shape index (κ2) is 9.23. The van der Waals surface area contributed by atoms with Crippen LogP contribution < -0.4 is 20.3 Å². The fourth-order valence-corrected chi connectivity index (χ4v) is 2.64. The molecule has 6 heteroatoms. The van der Waals surface area contributed by atoms with Gasteiger partial charge in [0.1, 0.15) is 11.5 Å². The number of amides is 2. The topological polar surface area (TPSA) is 76.7 Å². The predicted molar refractivity (Wildman–Crippen MR) is 108 cm³/mol. The highest BCUT2D eigenvalue weighted by molar-refractivity contribution is 5.93. The van der Waals surface area contributed by atoms with Crippen LogP contribution in [0, 0.1) is 0 Å².